The van der Waals surface area contributed by atoms with Gasteiger partial charge in [0.25, 0.3) is 0 Å². The maximum atomic E-state index is 10.6. The first-order valence-electron chi connectivity index (χ1n) is 5.93. The molecular weight excluding hydrogens is 244 g/mol. The van der Waals surface area contributed by atoms with E-state index in [-0.39, 0.29) is 11.6 Å². The van der Waals surface area contributed by atoms with E-state index >= 15 is 0 Å². The van der Waals surface area contributed by atoms with Crippen LogP contribution >= 0.6 is 0 Å². The molecule has 0 fully saturated rings. The summed E-state index contributed by atoms with van der Waals surface area (Å²) in [4.78, 5) is 20.8. The van der Waals surface area contributed by atoms with Crippen molar-refractivity contribution in [1.82, 2.24) is 0 Å². The van der Waals surface area contributed by atoms with Gasteiger partial charge in [-0.3, -0.25) is 9.59 Å². The average Bonchev–Trinajstić information content (AvgIpc) is 2.26. The average molecular weight is 266 g/mol. The van der Waals surface area contributed by atoms with Crippen molar-refractivity contribution in [1.29, 1.82) is 0 Å². The molecule has 4 N–H and O–H groups in total. The molecule has 0 bridgehead atoms. The molecule has 1 rings (SSSR count). The standard InChI is InChI=1S/C8H10N2O.C6H12O2/c9-7(8(10)11)6-4-2-1-3-5-6;1-5(7)8-6(2,3)4/h1-5,7H,9H2,(H2,10,11);1-4H3. The molecule has 0 aliphatic heterocycles. The van der Waals surface area contributed by atoms with E-state index in [0.717, 1.165) is 5.56 Å². The van der Waals surface area contributed by atoms with E-state index in [0.29, 0.717) is 0 Å². The fraction of sp³-hybridized carbons (Fsp3) is 0.429. The fourth-order valence-corrected chi connectivity index (χ4v) is 1.26. The van der Waals surface area contributed by atoms with Crippen molar-refractivity contribution in [2.75, 3.05) is 0 Å². The Bertz CT molecular complexity index is 410. The number of hydrogen-bond donors (Lipinski definition) is 2. The van der Waals surface area contributed by atoms with Crippen LogP contribution in [-0.2, 0) is 14.3 Å². The quantitative estimate of drug-likeness (QED) is 0.793. The number of primary amides is 1. The van der Waals surface area contributed by atoms with Crippen LogP contribution in [-0.4, -0.2) is 17.5 Å². The zero-order chi connectivity index (χ0) is 15.1. The molecule has 0 heterocycles. The molecule has 19 heavy (non-hydrogen) atoms. The summed E-state index contributed by atoms with van der Waals surface area (Å²) in [6.07, 6.45) is 0. The van der Waals surface area contributed by atoms with E-state index in [4.69, 9.17) is 16.2 Å². The number of ether oxygens (including phenoxy) is 1. The van der Waals surface area contributed by atoms with Crippen molar-refractivity contribution in [2.24, 2.45) is 11.5 Å². The summed E-state index contributed by atoms with van der Waals surface area (Å²) in [7, 11) is 0. The van der Waals surface area contributed by atoms with E-state index in [1.165, 1.54) is 6.92 Å². The zero-order valence-corrected chi connectivity index (χ0v) is 11.8. The summed E-state index contributed by atoms with van der Waals surface area (Å²) in [6, 6.07) is 8.36. The molecule has 0 aliphatic carbocycles. The van der Waals surface area contributed by atoms with Gasteiger partial charge in [0.1, 0.15) is 11.6 Å². The van der Waals surface area contributed by atoms with Crippen molar-refractivity contribution in [2.45, 2.75) is 39.3 Å². The number of benzene rings is 1. The Morgan fingerprint density at radius 1 is 1.16 bits per heavy atom. The number of rotatable bonds is 2. The van der Waals surface area contributed by atoms with Gasteiger partial charge < -0.3 is 16.2 Å². The number of nitrogens with two attached hydrogens (primary N) is 2. The van der Waals surface area contributed by atoms with Crippen molar-refractivity contribution >= 4 is 11.9 Å². The Balaban J connectivity index is 0.000000362. The molecule has 5 heteroatoms. The van der Waals surface area contributed by atoms with E-state index in [2.05, 4.69) is 0 Å². The Morgan fingerprint density at radius 2 is 1.63 bits per heavy atom. The summed E-state index contributed by atoms with van der Waals surface area (Å²) >= 11 is 0. The minimum absolute atomic E-state index is 0.225. The van der Waals surface area contributed by atoms with Gasteiger partial charge in [0.2, 0.25) is 5.91 Å². The van der Waals surface area contributed by atoms with Crippen LogP contribution in [0.25, 0.3) is 0 Å². The molecule has 1 aromatic rings. The summed E-state index contributed by atoms with van der Waals surface area (Å²) in [5, 5.41) is 0. The van der Waals surface area contributed by atoms with Crippen molar-refractivity contribution in [3.05, 3.63) is 35.9 Å². The summed E-state index contributed by atoms with van der Waals surface area (Å²) in [6.45, 7) is 6.93. The van der Waals surface area contributed by atoms with Crippen LogP contribution in [0.3, 0.4) is 0 Å². The van der Waals surface area contributed by atoms with Crippen LogP contribution in [0.5, 0.6) is 0 Å². The van der Waals surface area contributed by atoms with Gasteiger partial charge in [-0.25, -0.2) is 0 Å². The van der Waals surface area contributed by atoms with Crippen LogP contribution < -0.4 is 11.5 Å². The molecular formula is C14H22N2O3. The second-order valence-electron chi connectivity index (χ2n) is 5.00. The molecule has 0 radical (unpaired) electrons. The number of carbonyl (C=O) groups excluding carboxylic acids is 2. The number of amides is 1. The van der Waals surface area contributed by atoms with E-state index in [9.17, 15) is 9.59 Å². The van der Waals surface area contributed by atoms with Crippen molar-refractivity contribution in [3.8, 4) is 0 Å². The first kappa shape index (κ1) is 17.1. The van der Waals surface area contributed by atoms with Gasteiger partial charge in [0.05, 0.1) is 0 Å². The lowest BCUT2D eigenvalue weighted by atomic mass is 10.1. The summed E-state index contributed by atoms with van der Waals surface area (Å²) in [5.41, 5.74) is 10.9. The SMILES string of the molecule is CC(=O)OC(C)(C)C.NC(=O)C(N)c1ccccc1. The first-order chi connectivity index (χ1) is 8.63. The molecule has 1 unspecified atom stereocenters. The lowest BCUT2D eigenvalue weighted by Crippen LogP contribution is -2.27. The lowest BCUT2D eigenvalue weighted by Gasteiger charge is -2.17. The smallest absolute Gasteiger partial charge is 0.303 e. The van der Waals surface area contributed by atoms with Crippen LogP contribution in [0, 0.1) is 0 Å². The molecule has 0 spiro atoms. The third-order valence-corrected chi connectivity index (χ3v) is 1.92. The van der Waals surface area contributed by atoms with E-state index < -0.39 is 11.9 Å². The van der Waals surface area contributed by atoms with Crippen molar-refractivity contribution < 1.29 is 14.3 Å². The maximum Gasteiger partial charge on any atom is 0.303 e. The molecule has 1 aromatic carbocycles. The number of hydrogen-bond acceptors (Lipinski definition) is 4. The first-order valence-corrected chi connectivity index (χ1v) is 5.93. The molecule has 0 aromatic heterocycles. The molecule has 0 saturated carbocycles. The monoisotopic (exact) mass is 266 g/mol. The Morgan fingerprint density at radius 3 is 1.89 bits per heavy atom. The van der Waals surface area contributed by atoms with Crippen LogP contribution in [0.1, 0.15) is 39.3 Å². The minimum Gasteiger partial charge on any atom is -0.460 e. The van der Waals surface area contributed by atoms with Gasteiger partial charge in [-0.05, 0) is 26.3 Å². The molecule has 0 aliphatic rings. The molecule has 1 amide bonds. The van der Waals surface area contributed by atoms with Crippen LogP contribution in [0.15, 0.2) is 30.3 Å². The topological polar surface area (TPSA) is 95.4 Å². The van der Waals surface area contributed by atoms with E-state index in [1.54, 1.807) is 12.1 Å². The predicted octanol–water partition coefficient (Wildman–Crippen LogP) is 1.52. The summed E-state index contributed by atoms with van der Waals surface area (Å²) in [5.74, 6) is -0.728. The second-order valence-corrected chi connectivity index (χ2v) is 5.00. The normalized spacial score (nSPS) is 11.8. The minimum atomic E-state index is -0.684. The maximum absolute atomic E-state index is 10.6. The Hall–Kier alpha value is -1.88. The molecule has 1 atom stereocenters. The van der Waals surface area contributed by atoms with Gasteiger partial charge in [0.15, 0.2) is 0 Å². The predicted molar refractivity (Wildman–Crippen MR) is 74.1 cm³/mol. The second kappa shape index (κ2) is 7.53. The summed E-state index contributed by atoms with van der Waals surface area (Å²) < 4.78 is 4.80. The fourth-order valence-electron chi connectivity index (χ4n) is 1.26. The Kier molecular flexibility index (Phi) is 6.79. The molecule has 106 valence electrons. The van der Waals surface area contributed by atoms with Crippen molar-refractivity contribution in [3.63, 3.8) is 0 Å². The highest BCUT2D eigenvalue weighted by atomic mass is 16.6. The van der Waals surface area contributed by atoms with Gasteiger partial charge in [-0.2, -0.15) is 0 Å². The largest absolute Gasteiger partial charge is 0.460 e. The highest BCUT2D eigenvalue weighted by molar-refractivity contribution is 5.81. The van der Waals surface area contributed by atoms with Crippen LogP contribution in [0.4, 0.5) is 0 Å². The number of carbonyl (C=O) groups is 2. The van der Waals surface area contributed by atoms with Gasteiger partial charge in [-0.1, -0.05) is 30.3 Å². The molecule has 0 saturated heterocycles. The lowest BCUT2D eigenvalue weighted by molar-refractivity contribution is -0.151. The van der Waals surface area contributed by atoms with Crippen LogP contribution in [0.2, 0.25) is 0 Å². The zero-order valence-electron chi connectivity index (χ0n) is 11.8. The van der Waals surface area contributed by atoms with E-state index in [1.807, 2.05) is 39.0 Å². The van der Waals surface area contributed by atoms with Gasteiger partial charge >= 0.3 is 5.97 Å². The molecule has 5 nitrogen and oxygen atoms in total. The highest BCUT2D eigenvalue weighted by Crippen LogP contribution is 2.07. The highest BCUT2D eigenvalue weighted by Gasteiger charge is 2.11. The Labute approximate surface area is 113 Å². The van der Waals surface area contributed by atoms with Gasteiger partial charge in [-0.15, -0.1) is 0 Å². The third kappa shape index (κ3) is 8.79. The third-order valence-electron chi connectivity index (χ3n) is 1.92. The number of esters is 1. The van der Waals surface area contributed by atoms with Gasteiger partial charge in [0, 0.05) is 6.92 Å².